The Bertz CT molecular complexity index is 760. The molecule has 0 amide bonds. The minimum Gasteiger partial charge on any atom is -0.504 e. The predicted octanol–water partition coefficient (Wildman–Crippen LogP) is -0.341. The van der Waals surface area contributed by atoms with Gasteiger partial charge in [-0.05, 0) is 0 Å². The van der Waals surface area contributed by atoms with Crippen molar-refractivity contribution in [2.24, 2.45) is 0 Å². The highest BCUT2D eigenvalue weighted by Crippen LogP contribution is 2.50. The number of aromatic nitrogens is 2. The fourth-order valence-electron chi connectivity index (χ4n) is 1.95. The normalized spacial score (nSPS) is 12.9. The fourth-order valence-corrected chi connectivity index (χ4v) is 1.95. The molecule has 3 N–H and O–H groups in total. The SMILES string of the molecule is COc1c2c(c(O)c3c(=O)[nH][nH]c(=O)c13)OCO2. The second-order valence-electron chi connectivity index (χ2n) is 3.60. The van der Waals surface area contributed by atoms with Crippen molar-refractivity contribution in [2.75, 3.05) is 13.9 Å². The summed E-state index contributed by atoms with van der Waals surface area (Å²) in [5, 5.41) is 14.0. The van der Waals surface area contributed by atoms with Gasteiger partial charge >= 0.3 is 0 Å². The van der Waals surface area contributed by atoms with Gasteiger partial charge in [0.15, 0.2) is 11.5 Å². The molecule has 2 heterocycles. The maximum absolute atomic E-state index is 11.7. The molecule has 1 aromatic heterocycles. The van der Waals surface area contributed by atoms with Crippen molar-refractivity contribution < 1.29 is 19.3 Å². The monoisotopic (exact) mass is 252 g/mol. The van der Waals surface area contributed by atoms with E-state index in [-0.39, 0.29) is 34.8 Å². The van der Waals surface area contributed by atoms with Gasteiger partial charge < -0.3 is 19.3 Å². The third kappa shape index (κ3) is 1.14. The number of aromatic hydroxyl groups is 1. The number of phenols is 1. The van der Waals surface area contributed by atoms with E-state index in [4.69, 9.17) is 14.2 Å². The largest absolute Gasteiger partial charge is 0.504 e. The van der Waals surface area contributed by atoms with Crippen molar-refractivity contribution in [3.8, 4) is 23.0 Å². The molecule has 3 rings (SSSR count). The van der Waals surface area contributed by atoms with E-state index in [1.165, 1.54) is 7.11 Å². The van der Waals surface area contributed by atoms with E-state index in [2.05, 4.69) is 10.2 Å². The van der Waals surface area contributed by atoms with Gasteiger partial charge in [0.1, 0.15) is 10.8 Å². The predicted molar refractivity (Wildman–Crippen MR) is 59.5 cm³/mol. The minimum atomic E-state index is -0.654. The van der Waals surface area contributed by atoms with Crippen molar-refractivity contribution in [1.82, 2.24) is 10.2 Å². The molecule has 1 aliphatic rings. The van der Waals surface area contributed by atoms with Crippen LogP contribution in [0.3, 0.4) is 0 Å². The van der Waals surface area contributed by atoms with E-state index >= 15 is 0 Å². The van der Waals surface area contributed by atoms with Crippen LogP contribution in [0.5, 0.6) is 23.0 Å². The average molecular weight is 252 g/mol. The summed E-state index contributed by atoms with van der Waals surface area (Å²) in [5.74, 6) is -0.276. The summed E-state index contributed by atoms with van der Waals surface area (Å²) < 4.78 is 15.3. The van der Waals surface area contributed by atoms with Gasteiger partial charge in [0, 0.05) is 0 Å². The molecule has 0 saturated heterocycles. The Morgan fingerprint density at radius 2 is 1.72 bits per heavy atom. The number of phenolic OH excluding ortho intramolecular Hbond substituents is 1. The summed E-state index contributed by atoms with van der Waals surface area (Å²) in [6.45, 7) is -0.120. The Morgan fingerprint density at radius 1 is 1.11 bits per heavy atom. The van der Waals surface area contributed by atoms with E-state index in [0.29, 0.717) is 0 Å². The summed E-state index contributed by atoms with van der Waals surface area (Å²) in [6, 6.07) is 0. The van der Waals surface area contributed by atoms with Crippen molar-refractivity contribution >= 4 is 10.8 Å². The molecule has 0 bridgehead atoms. The molecule has 8 heteroatoms. The molecule has 1 aliphatic heterocycles. The zero-order valence-electron chi connectivity index (χ0n) is 9.20. The molecule has 0 atom stereocenters. The number of benzene rings is 1. The van der Waals surface area contributed by atoms with Gasteiger partial charge in [-0.25, -0.2) is 0 Å². The van der Waals surface area contributed by atoms with Gasteiger partial charge in [-0.2, -0.15) is 0 Å². The summed E-state index contributed by atoms with van der Waals surface area (Å²) in [4.78, 5) is 23.4. The van der Waals surface area contributed by atoms with E-state index in [0.717, 1.165) is 0 Å². The highest BCUT2D eigenvalue weighted by Gasteiger charge is 2.29. The van der Waals surface area contributed by atoms with Gasteiger partial charge in [-0.3, -0.25) is 19.8 Å². The molecule has 2 aromatic rings. The number of rotatable bonds is 1. The molecule has 94 valence electrons. The van der Waals surface area contributed by atoms with Crippen LogP contribution in [-0.4, -0.2) is 29.2 Å². The number of ether oxygens (including phenoxy) is 3. The van der Waals surface area contributed by atoms with Crippen LogP contribution < -0.4 is 25.3 Å². The van der Waals surface area contributed by atoms with Gasteiger partial charge in [-0.1, -0.05) is 0 Å². The highest BCUT2D eigenvalue weighted by atomic mass is 16.7. The Hall–Kier alpha value is -2.64. The molecule has 1 aromatic carbocycles. The second-order valence-corrected chi connectivity index (χ2v) is 3.60. The Balaban J connectivity index is 2.65. The number of fused-ring (bicyclic) bond motifs is 2. The smallest absolute Gasteiger partial charge is 0.274 e. The first-order valence-corrected chi connectivity index (χ1v) is 4.98. The van der Waals surface area contributed by atoms with Crippen LogP contribution in [0.2, 0.25) is 0 Å². The first-order valence-electron chi connectivity index (χ1n) is 4.98. The van der Waals surface area contributed by atoms with Gasteiger partial charge in [0.25, 0.3) is 11.1 Å². The van der Waals surface area contributed by atoms with Crippen LogP contribution in [0.4, 0.5) is 0 Å². The quantitative estimate of drug-likeness (QED) is 0.639. The van der Waals surface area contributed by atoms with E-state index in [1.54, 1.807) is 0 Å². The molecule has 8 nitrogen and oxygen atoms in total. The van der Waals surface area contributed by atoms with Gasteiger partial charge in [0.05, 0.1) is 7.11 Å². The summed E-state index contributed by atoms with van der Waals surface area (Å²) in [6.07, 6.45) is 0. The van der Waals surface area contributed by atoms with E-state index < -0.39 is 16.9 Å². The number of aromatic amines is 2. The third-order valence-electron chi connectivity index (χ3n) is 2.70. The van der Waals surface area contributed by atoms with Gasteiger partial charge in [-0.15, -0.1) is 0 Å². The summed E-state index contributed by atoms with van der Waals surface area (Å²) in [7, 11) is 1.33. The Labute approximate surface area is 98.7 Å². The first-order chi connectivity index (χ1) is 8.65. The Kier molecular flexibility index (Phi) is 2.00. The number of methoxy groups -OCH3 is 1. The zero-order chi connectivity index (χ0) is 12.9. The maximum Gasteiger partial charge on any atom is 0.274 e. The van der Waals surface area contributed by atoms with Crippen LogP contribution in [-0.2, 0) is 0 Å². The lowest BCUT2D eigenvalue weighted by Gasteiger charge is -2.09. The van der Waals surface area contributed by atoms with E-state index in [1.807, 2.05) is 0 Å². The number of hydrogen-bond donors (Lipinski definition) is 3. The molecule has 0 saturated carbocycles. The third-order valence-corrected chi connectivity index (χ3v) is 2.70. The van der Waals surface area contributed by atoms with E-state index in [9.17, 15) is 14.7 Å². The fraction of sp³-hybridized carbons (Fsp3) is 0.200. The molecular weight excluding hydrogens is 244 g/mol. The van der Waals surface area contributed by atoms with Gasteiger partial charge in [0.2, 0.25) is 18.3 Å². The lowest BCUT2D eigenvalue weighted by molar-refractivity contribution is 0.169. The number of hydrogen-bond acceptors (Lipinski definition) is 6. The molecule has 0 fully saturated rings. The molecule has 0 spiro atoms. The van der Waals surface area contributed by atoms with Crippen LogP contribution in [0.1, 0.15) is 0 Å². The maximum atomic E-state index is 11.7. The number of H-pyrrole nitrogens is 2. The molecule has 0 aliphatic carbocycles. The zero-order valence-corrected chi connectivity index (χ0v) is 9.20. The topological polar surface area (TPSA) is 114 Å². The molecule has 0 unspecified atom stereocenters. The van der Waals surface area contributed by atoms with Crippen molar-refractivity contribution in [1.29, 1.82) is 0 Å². The van der Waals surface area contributed by atoms with Crippen LogP contribution in [0.15, 0.2) is 9.59 Å². The lowest BCUT2D eigenvalue weighted by atomic mass is 10.1. The van der Waals surface area contributed by atoms with Crippen molar-refractivity contribution in [2.45, 2.75) is 0 Å². The van der Waals surface area contributed by atoms with Crippen LogP contribution >= 0.6 is 0 Å². The second kappa shape index (κ2) is 3.42. The minimum absolute atomic E-state index is 0.00421. The highest BCUT2D eigenvalue weighted by molar-refractivity contribution is 5.97. The van der Waals surface area contributed by atoms with Crippen LogP contribution in [0.25, 0.3) is 10.8 Å². The summed E-state index contributed by atoms with van der Waals surface area (Å²) in [5.41, 5.74) is -1.26. The van der Waals surface area contributed by atoms with Crippen molar-refractivity contribution in [3.63, 3.8) is 0 Å². The first kappa shape index (κ1) is 10.5. The molecule has 18 heavy (non-hydrogen) atoms. The van der Waals surface area contributed by atoms with Crippen LogP contribution in [0, 0.1) is 0 Å². The standard InChI is InChI=1S/C10H8N2O6/c1-16-6-4-3(9(14)11-12-10(4)15)5(13)7-8(6)18-2-17-7/h13H,2H2,1H3,(H,11,14)(H,12,15). The summed E-state index contributed by atoms with van der Waals surface area (Å²) >= 11 is 0. The molecular formula is C10H8N2O6. The lowest BCUT2D eigenvalue weighted by Crippen LogP contribution is -2.19. The van der Waals surface area contributed by atoms with Crippen molar-refractivity contribution in [3.05, 3.63) is 20.7 Å². The number of nitrogens with one attached hydrogen (secondary N) is 2. The Morgan fingerprint density at radius 3 is 2.39 bits per heavy atom. The average Bonchev–Trinajstić information content (AvgIpc) is 2.83. The molecule has 0 radical (unpaired) electrons.